The molecule has 2 aromatic rings. The second-order valence-electron chi connectivity index (χ2n) is 6.96. The lowest BCUT2D eigenvalue weighted by Gasteiger charge is -2.18. The highest BCUT2D eigenvalue weighted by atomic mass is 16.6. The number of carbonyl (C=O) groups excluding carboxylic acids is 1. The molecule has 3 aliphatic rings. The summed E-state index contributed by atoms with van der Waals surface area (Å²) < 4.78 is 16.5. The predicted molar refractivity (Wildman–Crippen MR) is 85.3 cm³/mol. The van der Waals surface area contributed by atoms with E-state index in [0.717, 1.165) is 30.5 Å². The van der Waals surface area contributed by atoms with Gasteiger partial charge in [-0.25, -0.2) is 4.98 Å². The van der Waals surface area contributed by atoms with Crippen LogP contribution in [-0.4, -0.2) is 58.7 Å². The van der Waals surface area contributed by atoms with Crippen molar-refractivity contribution in [3.8, 4) is 0 Å². The third-order valence-electron chi connectivity index (χ3n) is 5.39. The summed E-state index contributed by atoms with van der Waals surface area (Å²) in [5, 5.41) is 17.5. The highest BCUT2D eigenvalue weighted by Crippen LogP contribution is 2.32. The van der Waals surface area contributed by atoms with Crippen molar-refractivity contribution in [1.29, 1.82) is 0 Å². The fourth-order valence-electron chi connectivity index (χ4n) is 4.21. The van der Waals surface area contributed by atoms with E-state index in [1.54, 1.807) is 0 Å². The van der Waals surface area contributed by atoms with Gasteiger partial charge >= 0.3 is 0 Å². The third kappa shape index (κ3) is 2.21. The second kappa shape index (κ2) is 5.48. The molecule has 25 heavy (non-hydrogen) atoms. The maximum absolute atomic E-state index is 13.1. The molecule has 0 radical (unpaired) electrons. The van der Waals surface area contributed by atoms with Gasteiger partial charge in [0.25, 0.3) is 11.6 Å². The van der Waals surface area contributed by atoms with Crippen LogP contribution in [0.5, 0.6) is 0 Å². The van der Waals surface area contributed by atoms with Crippen molar-refractivity contribution in [3.05, 3.63) is 22.5 Å². The molecule has 2 fully saturated rings. The van der Waals surface area contributed by atoms with Crippen LogP contribution in [0, 0.1) is 6.92 Å². The Morgan fingerprint density at radius 1 is 1.24 bits per heavy atom. The molecular formula is C17H19N3O5. The molecule has 5 rings (SSSR count). The number of aliphatic hydroxyl groups excluding tert-OH is 1. The van der Waals surface area contributed by atoms with E-state index in [0.29, 0.717) is 29.0 Å². The molecule has 4 atom stereocenters. The van der Waals surface area contributed by atoms with Crippen LogP contribution < -0.4 is 5.32 Å². The maximum Gasteiger partial charge on any atom is 0.259 e. The van der Waals surface area contributed by atoms with E-state index in [1.165, 1.54) is 0 Å². The van der Waals surface area contributed by atoms with Crippen LogP contribution in [0.2, 0.25) is 0 Å². The van der Waals surface area contributed by atoms with E-state index in [9.17, 15) is 9.90 Å². The number of nitrogens with zero attached hydrogens (tertiary/aromatic N) is 2. The summed E-state index contributed by atoms with van der Waals surface area (Å²) >= 11 is 0. The molecule has 1 amide bonds. The monoisotopic (exact) mass is 345 g/mol. The third-order valence-corrected chi connectivity index (χ3v) is 5.39. The summed E-state index contributed by atoms with van der Waals surface area (Å²) in [5.41, 5.74) is 3.59. The molecule has 0 aromatic carbocycles. The number of aryl methyl sites for hydroxylation is 2. The topological polar surface area (TPSA) is 107 Å². The van der Waals surface area contributed by atoms with Crippen molar-refractivity contribution in [3.63, 3.8) is 0 Å². The summed E-state index contributed by atoms with van der Waals surface area (Å²) in [6.07, 6.45) is 1.34. The smallest absolute Gasteiger partial charge is 0.259 e. The number of nitrogens with one attached hydrogen (secondary N) is 1. The molecule has 2 aromatic heterocycles. The van der Waals surface area contributed by atoms with Crippen molar-refractivity contribution in [2.24, 2.45) is 0 Å². The van der Waals surface area contributed by atoms with E-state index in [-0.39, 0.29) is 30.8 Å². The molecule has 132 valence electrons. The molecule has 2 saturated heterocycles. The predicted octanol–water partition coefficient (Wildman–Crippen LogP) is 0.277. The zero-order chi connectivity index (χ0) is 17.1. The van der Waals surface area contributed by atoms with E-state index < -0.39 is 6.10 Å². The van der Waals surface area contributed by atoms with Crippen molar-refractivity contribution >= 4 is 17.0 Å². The molecule has 2 aliphatic heterocycles. The van der Waals surface area contributed by atoms with Gasteiger partial charge < -0.3 is 24.4 Å². The van der Waals surface area contributed by atoms with Gasteiger partial charge in [-0.1, -0.05) is 5.16 Å². The van der Waals surface area contributed by atoms with E-state index in [2.05, 4.69) is 15.5 Å². The van der Waals surface area contributed by atoms with Crippen molar-refractivity contribution in [1.82, 2.24) is 15.5 Å². The summed E-state index contributed by atoms with van der Waals surface area (Å²) in [7, 11) is 0. The summed E-state index contributed by atoms with van der Waals surface area (Å²) in [4.78, 5) is 17.6. The number of aliphatic hydroxyl groups is 1. The van der Waals surface area contributed by atoms with E-state index in [1.807, 2.05) is 6.92 Å². The number of hydrogen-bond donors (Lipinski definition) is 2. The second-order valence-corrected chi connectivity index (χ2v) is 6.96. The van der Waals surface area contributed by atoms with Crippen molar-refractivity contribution in [2.75, 3.05) is 13.2 Å². The number of carbonyl (C=O) groups is 1. The number of aromatic nitrogens is 2. The fourth-order valence-corrected chi connectivity index (χ4v) is 4.21. The molecule has 4 heterocycles. The number of fused-ring (bicyclic) bond motifs is 3. The van der Waals surface area contributed by atoms with Gasteiger partial charge in [0.2, 0.25) is 0 Å². The zero-order valence-electron chi connectivity index (χ0n) is 13.8. The largest absolute Gasteiger partial charge is 0.388 e. The van der Waals surface area contributed by atoms with Gasteiger partial charge in [0.05, 0.1) is 35.9 Å². The molecule has 8 nitrogen and oxygen atoms in total. The van der Waals surface area contributed by atoms with Crippen LogP contribution in [0.25, 0.3) is 11.1 Å². The minimum atomic E-state index is -0.635. The van der Waals surface area contributed by atoms with E-state index in [4.69, 9.17) is 14.0 Å². The van der Waals surface area contributed by atoms with Crippen LogP contribution in [-0.2, 0) is 22.3 Å². The molecule has 2 N–H and O–H groups in total. The Balaban J connectivity index is 1.51. The Bertz CT molecular complexity index is 864. The highest BCUT2D eigenvalue weighted by Gasteiger charge is 2.47. The highest BCUT2D eigenvalue weighted by molar-refractivity contribution is 6.07. The van der Waals surface area contributed by atoms with Gasteiger partial charge in [0.1, 0.15) is 18.3 Å². The Morgan fingerprint density at radius 2 is 2.08 bits per heavy atom. The number of amides is 1. The Kier molecular flexibility index (Phi) is 3.34. The van der Waals surface area contributed by atoms with Gasteiger partial charge in [0.15, 0.2) is 0 Å². The quantitative estimate of drug-likeness (QED) is 0.805. The van der Waals surface area contributed by atoms with Gasteiger partial charge in [-0.3, -0.25) is 4.79 Å². The van der Waals surface area contributed by atoms with Crippen LogP contribution >= 0.6 is 0 Å². The number of hydrogen-bond acceptors (Lipinski definition) is 7. The summed E-state index contributed by atoms with van der Waals surface area (Å²) in [5.74, 6) is -0.184. The lowest BCUT2D eigenvalue weighted by molar-refractivity contribution is 0.0178. The molecule has 0 bridgehead atoms. The first-order chi connectivity index (χ1) is 12.1. The van der Waals surface area contributed by atoms with Crippen LogP contribution in [0.3, 0.4) is 0 Å². The van der Waals surface area contributed by atoms with Crippen LogP contribution in [0.15, 0.2) is 4.52 Å². The minimum absolute atomic E-state index is 0.184. The SMILES string of the molecule is Cc1noc2nc3c(c(C(=O)N[C@@H]4CO[C@H]5[C@@H]4OC[C@H]5O)c12)CCC3. The molecule has 1 aliphatic carbocycles. The Morgan fingerprint density at radius 3 is 2.96 bits per heavy atom. The lowest BCUT2D eigenvalue weighted by atomic mass is 10.0. The van der Waals surface area contributed by atoms with Crippen molar-refractivity contribution in [2.45, 2.75) is 50.5 Å². The van der Waals surface area contributed by atoms with Gasteiger partial charge in [-0.2, -0.15) is 0 Å². The summed E-state index contributed by atoms with van der Waals surface area (Å²) in [6.45, 7) is 2.38. The Labute approximate surface area is 143 Å². The summed E-state index contributed by atoms with van der Waals surface area (Å²) in [6, 6.07) is -0.282. The minimum Gasteiger partial charge on any atom is -0.388 e. The zero-order valence-corrected chi connectivity index (χ0v) is 13.8. The van der Waals surface area contributed by atoms with Crippen LogP contribution in [0.4, 0.5) is 0 Å². The molecule has 8 heteroatoms. The fraction of sp³-hybridized carbons (Fsp3) is 0.588. The Hall–Kier alpha value is -2.03. The first-order valence-corrected chi connectivity index (χ1v) is 8.63. The average Bonchev–Trinajstić information content (AvgIpc) is 3.34. The van der Waals surface area contributed by atoms with Crippen molar-refractivity contribution < 1.29 is 23.9 Å². The molecule has 0 unspecified atom stereocenters. The standard InChI is InChI=1S/C17H19N3O5/c1-7-12-13(8-3-2-4-9(8)19-17(12)25-20-7)16(22)18-10-5-23-15-11(21)6-24-14(10)15/h10-11,14-15,21H,2-6H2,1H3,(H,18,22)/t10-,11-,14-,15-/m1/s1. The first-order valence-electron chi connectivity index (χ1n) is 8.63. The van der Waals surface area contributed by atoms with Gasteiger partial charge in [-0.05, 0) is 31.7 Å². The molecule has 0 saturated carbocycles. The molecule has 0 spiro atoms. The van der Waals surface area contributed by atoms with Gasteiger partial charge in [-0.15, -0.1) is 0 Å². The number of pyridine rings is 1. The van der Waals surface area contributed by atoms with Crippen LogP contribution in [0.1, 0.15) is 33.7 Å². The van der Waals surface area contributed by atoms with E-state index >= 15 is 0 Å². The van der Waals surface area contributed by atoms with Gasteiger partial charge in [0, 0.05) is 5.69 Å². The first kappa shape index (κ1) is 15.2. The normalized spacial score (nSPS) is 30.6. The maximum atomic E-state index is 13.1. The number of rotatable bonds is 2. The number of ether oxygens (including phenoxy) is 2. The lowest BCUT2D eigenvalue weighted by Crippen LogP contribution is -2.44. The average molecular weight is 345 g/mol. The molecular weight excluding hydrogens is 326 g/mol.